The molecule has 23 nitrogen and oxygen atoms in total. The van der Waals surface area contributed by atoms with E-state index in [9.17, 15) is 65.4 Å². The van der Waals surface area contributed by atoms with Crippen LogP contribution in [0.3, 0.4) is 0 Å². The Hall–Kier alpha value is -3.05. The Bertz CT molecular complexity index is 1480. The molecule has 0 saturated carbocycles. The molecule has 4 saturated heterocycles. The number of aliphatic carboxylic acids is 2. The van der Waals surface area contributed by atoms with Crippen LogP contribution in [0.1, 0.15) is 5.56 Å². The lowest BCUT2D eigenvalue weighted by Crippen LogP contribution is -2.68. The number of aliphatic hydroxyl groups is 8. The fraction of sp³-hybridized carbons (Fsp3) is 0.735. The topological polar surface area (TPSA) is 349 Å². The van der Waals surface area contributed by atoms with Crippen molar-refractivity contribution in [2.24, 2.45) is 5.92 Å². The lowest BCUT2D eigenvalue weighted by atomic mass is 9.95. The highest BCUT2D eigenvalue weighted by Crippen LogP contribution is 2.34. The molecular weight excluding hydrogens is 774 g/mol. The number of hydrogen-bond acceptors (Lipinski definition) is 20. The van der Waals surface area contributed by atoms with Gasteiger partial charge < -0.3 is 99.0 Å². The van der Waals surface area contributed by atoms with Crippen LogP contribution in [0.25, 0.3) is 0 Å². The largest absolute Gasteiger partial charge is 0.479 e. The smallest absolute Gasteiger partial charge is 0.335 e. The second kappa shape index (κ2) is 19.8. The van der Waals surface area contributed by atoms with Gasteiger partial charge in [0.05, 0.1) is 19.3 Å². The third-order valence-corrected chi connectivity index (χ3v) is 10.1. The molecule has 1 amide bonds. The minimum atomic E-state index is -2.28. The van der Waals surface area contributed by atoms with E-state index in [-0.39, 0.29) is 13.2 Å². The van der Waals surface area contributed by atoms with Crippen LogP contribution in [0, 0.1) is 5.92 Å². The summed E-state index contributed by atoms with van der Waals surface area (Å²) in [6.07, 6.45) is -34.1. The Morgan fingerprint density at radius 3 is 1.65 bits per heavy atom. The minimum absolute atomic E-state index is 0.127. The predicted octanol–water partition coefficient (Wildman–Crippen LogP) is -6.00. The number of ether oxygens (including phenoxy) is 9. The van der Waals surface area contributed by atoms with E-state index in [0.29, 0.717) is 6.42 Å². The summed E-state index contributed by atoms with van der Waals surface area (Å²) in [6.45, 7) is -0.528. The average molecular weight is 824 g/mol. The molecule has 0 radical (unpaired) electrons. The molecule has 0 bridgehead atoms. The summed E-state index contributed by atoms with van der Waals surface area (Å²) < 4.78 is 48.2. The summed E-state index contributed by atoms with van der Waals surface area (Å²) in [7, 11) is 2.39. The Kier molecular flexibility index (Phi) is 15.6. The summed E-state index contributed by atoms with van der Waals surface area (Å²) >= 11 is 0. The molecule has 4 fully saturated rings. The molecule has 4 aliphatic rings. The van der Waals surface area contributed by atoms with Gasteiger partial charge >= 0.3 is 11.9 Å². The first-order valence-corrected chi connectivity index (χ1v) is 17.9. The van der Waals surface area contributed by atoms with Crippen molar-refractivity contribution in [2.75, 3.05) is 34.0 Å². The zero-order chi connectivity index (χ0) is 41.7. The van der Waals surface area contributed by atoms with Crippen LogP contribution in [-0.2, 0) is 63.4 Å². The van der Waals surface area contributed by atoms with Gasteiger partial charge in [-0.2, -0.15) is 0 Å². The molecule has 0 spiro atoms. The zero-order valence-electron chi connectivity index (χ0n) is 30.6. The van der Waals surface area contributed by atoms with Gasteiger partial charge in [0.2, 0.25) is 0 Å². The predicted molar refractivity (Wildman–Crippen MR) is 179 cm³/mol. The quantitative estimate of drug-likeness (QED) is 0.0784. The monoisotopic (exact) mass is 823 g/mol. The Morgan fingerprint density at radius 2 is 1.12 bits per heavy atom. The summed E-state index contributed by atoms with van der Waals surface area (Å²) in [5, 5.41) is 109. The number of hydrogen-bond donors (Lipinski definition) is 11. The number of methoxy groups -OCH3 is 2. The maximum atomic E-state index is 13.2. The number of carbonyl (C=O) groups is 3. The third kappa shape index (κ3) is 10.0. The second-order valence-electron chi connectivity index (χ2n) is 13.8. The SMILES string of the molecule is CO[C@@H]1OC[C@@H](CO[C@@H]2O[C@@H](C(=O)O)[C@@H](O[C@@H]3OC(C(=O)O)[C@@H](O[C@@H]4O[C@@H](C(=O)NCCc5ccccc5)[C@@H](OC)C(O)C4O)[C@H](O)C3O)C(O)C2O)[C@@H](O)C1O. The molecule has 0 aromatic heterocycles. The second-order valence-corrected chi connectivity index (χ2v) is 13.8. The number of rotatable bonds is 15. The van der Waals surface area contributed by atoms with Crippen LogP contribution >= 0.6 is 0 Å². The zero-order valence-corrected chi connectivity index (χ0v) is 30.6. The Labute approximate surface area is 324 Å². The van der Waals surface area contributed by atoms with E-state index in [1.807, 2.05) is 30.3 Å². The van der Waals surface area contributed by atoms with Gasteiger partial charge in [-0.3, -0.25) is 4.79 Å². The van der Waals surface area contributed by atoms with Crippen molar-refractivity contribution in [3.8, 4) is 0 Å². The number of benzene rings is 1. The normalized spacial score (nSPS) is 42.6. The van der Waals surface area contributed by atoms with E-state index in [4.69, 9.17) is 42.6 Å². The average Bonchev–Trinajstić information content (AvgIpc) is 3.19. The molecule has 1 aromatic carbocycles. The molecule has 7 unspecified atom stereocenters. The molecule has 11 N–H and O–H groups in total. The first-order valence-electron chi connectivity index (χ1n) is 17.9. The van der Waals surface area contributed by atoms with Crippen LogP contribution in [0.2, 0.25) is 0 Å². The first kappa shape index (κ1) is 45.0. The standard InChI is InChI=1S/C34H49NO22/c1-49-22-15(37)20(42)33(55-25(22)28(44)35-9-8-12-6-4-3-5-7-12)53-24-17(39)21(43)34(57-27(24)30(47)48)54-23-16(38)19(41)32(56-26(23)29(45)46)52-11-13-10-51-31(50-2)18(40)14(13)36/h3-7,13-27,31-34,36-43H,8-11H2,1-2H3,(H,35,44)(H,45,46)(H,47,48)/t13-,14+,15?,16?,17+,18?,19?,20?,21?,22-,23-,24-,25+,26+,27?,31+,32+,33+,34+/m0/s1. The minimum Gasteiger partial charge on any atom is -0.479 e. The van der Waals surface area contributed by atoms with Gasteiger partial charge in [-0.25, -0.2) is 9.59 Å². The van der Waals surface area contributed by atoms with E-state index in [0.717, 1.165) is 12.7 Å². The first-order chi connectivity index (χ1) is 27.1. The van der Waals surface area contributed by atoms with Gasteiger partial charge in [0, 0.05) is 26.7 Å². The van der Waals surface area contributed by atoms with E-state index in [2.05, 4.69) is 5.32 Å². The highest BCUT2D eigenvalue weighted by Gasteiger charge is 2.57. The lowest BCUT2D eigenvalue weighted by Gasteiger charge is -2.47. The number of nitrogens with one attached hydrogen (secondary N) is 1. The fourth-order valence-corrected chi connectivity index (χ4v) is 6.86. The van der Waals surface area contributed by atoms with E-state index >= 15 is 0 Å². The molecule has 4 heterocycles. The molecule has 23 heteroatoms. The van der Waals surface area contributed by atoms with Crippen LogP contribution in [0.15, 0.2) is 30.3 Å². The van der Waals surface area contributed by atoms with Crippen molar-refractivity contribution in [2.45, 2.75) is 117 Å². The van der Waals surface area contributed by atoms with Crippen LogP contribution in [0.5, 0.6) is 0 Å². The summed E-state index contributed by atoms with van der Waals surface area (Å²) in [5.41, 5.74) is 0.902. The van der Waals surface area contributed by atoms with Crippen LogP contribution in [0.4, 0.5) is 0 Å². The van der Waals surface area contributed by atoms with Crippen LogP contribution in [-0.4, -0.2) is 214 Å². The van der Waals surface area contributed by atoms with Crippen molar-refractivity contribution in [3.05, 3.63) is 35.9 Å². The van der Waals surface area contributed by atoms with Gasteiger partial charge in [0.15, 0.2) is 43.5 Å². The third-order valence-electron chi connectivity index (χ3n) is 10.1. The van der Waals surface area contributed by atoms with Gasteiger partial charge in [-0.15, -0.1) is 0 Å². The highest BCUT2D eigenvalue weighted by atomic mass is 16.8. The maximum Gasteiger partial charge on any atom is 0.335 e. The van der Waals surface area contributed by atoms with Gasteiger partial charge in [0.25, 0.3) is 5.91 Å². The number of aliphatic hydroxyl groups excluding tert-OH is 8. The van der Waals surface area contributed by atoms with Crippen LogP contribution < -0.4 is 5.32 Å². The number of carbonyl (C=O) groups excluding carboxylic acids is 1. The Morgan fingerprint density at radius 1 is 0.632 bits per heavy atom. The maximum absolute atomic E-state index is 13.2. The van der Waals surface area contributed by atoms with E-state index < -0.39 is 141 Å². The number of carboxylic acid groups (broad SMARTS) is 2. The molecule has 57 heavy (non-hydrogen) atoms. The van der Waals surface area contributed by atoms with E-state index in [1.54, 1.807) is 0 Å². The highest BCUT2D eigenvalue weighted by molar-refractivity contribution is 5.81. The van der Waals surface area contributed by atoms with Crippen molar-refractivity contribution in [1.29, 1.82) is 0 Å². The number of amides is 1. The molecule has 1 aromatic rings. The van der Waals surface area contributed by atoms with Gasteiger partial charge in [-0.05, 0) is 12.0 Å². The van der Waals surface area contributed by atoms with Gasteiger partial charge in [0.1, 0.15) is 61.0 Å². The molecule has 4 aliphatic heterocycles. The molecule has 0 aliphatic carbocycles. The Balaban J connectivity index is 1.24. The summed E-state index contributed by atoms with van der Waals surface area (Å²) in [5.74, 6) is -5.33. The molecular formula is C34H49NO22. The van der Waals surface area contributed by atoms with Crippen molar-refractivity contribution >= 4 is 17.8 Å². The van der Waals surface area contributed by atoms with Gasteiger partial charge in [-0.1, -0.05) is 30.3 Å². The molecule has 322 valence electrons. The fourth-order valence-electron chi connectivity index (χ4n) is 6.86. The van der Waals surface area contributed by atoms with E-state index in [1.165, 1.54) is 7.11 Å². The summed E-state index contributed by atoms with van der Waals surface area (Å²) in [4.78, 5) is 37.8. The molecule has 19 atom stereocenters. The summed E-state index contributed by atoms with van der Waals surface area (Å²) in [6, 6.07) is 9.12. The number of carboxylic acids is 2. The molecule has 5 rings (SSSR count). The van der Waals surface area contributed by atoms with Crippen molar-refractivity contribution in [1.82, 2.24) is 5.32 Å². The van der Waals surface area contributed by atoms with Crippen molar-refractivity contribution < 1.29 is 108 Å². The van der Waals surface area contributed by atoms with Crippen molar-refractivity contribution in [3.63, 3.8) is 0 Å². The lowest BCUT2D eigenvalue weighted by molar-refractivity contribution is -0.371.